The Morgan fingerprint density at radius 1 is 0.886 bits per heavy atom. The number of nitro benzene ring substituents is 2. The van der Waals surface area contributed by atoms with Crippen LogP contribution in [0.25, 0.3) is 0 Å². The third kappa shape index (κ3) is 10.8. The van der Waals surface area contributed by atoms with E-state index in [1.54, 1.807) is 59.5 Å². The number of aliphatic hydroxyl groups is 2. The first kappa shape index (κ1) is 49.7. The molecule has 1 amide bonds. The van der Waals surface area contributed by atoms with Gasteiger partial charge >= 0.3 is 6.09 Å². The zero-order valence-corrected chi connectivity index (χ0v) is 39.2. The quantitative estimate of drug-likeness (QED) is 0.0232. The molecule has 0 aromatic heterocycles. The Morgan fingerprint density at radius 2 is 1.61 bits per heavy atom. The van der Waals surface area contributed by atoms with E-state index >= 15 is 0 Å². The van der Waals surface area contributed by atoms with E-state index in [4.69, 9.17) is 50.0 Å². The van der Waals surface area contributed by atoms with Crippen LogP contribution in [0.1, 0.15) is 67.6 Å². The minimum absolute atomic E-state index is 0.00311. The van der Waals surface area contributed by atoms with Crippen molar-refractivity contribution >= 4 is 34.8 Å². The number of oxime groups is 1. The molecule has 0 radical (unpaired) electrons. The molecule has 8 rings (SSSR count). The normalized spacial score (nSPS) is 22.2. The number of rotatable bonds is 23. The molecule has 18 nitrogen and oxygen atoms in total. The van der Waals surface area contributed by atoms with E-state index in [9.17, 15) is 35.2 Å². The standard InChI is InChI=1S/C51H55ClN4O14/c1-2-23-67-51-47(54(50(59)64-24-20-52)30-34-14-18-45-46(25-34)66-32-65-45)29-43(53-68-31-33-12-15-36(16-13-33)55(60)61)41-26-35(8-3-5-21-57)40(11-4-6-22-58)48(49(41)51)42-28-39(17-19-44(42)70-51)69-38-10-7-9-37(27-38)56(62)63/h2,7,9-10,12-19,25-28,35,40,47-49,57-58H,1,3-6,8,11,20-24,29-32H2. The zero-order valence-electron chi connectivity index (χ0n) is 38.4. The first-order valence-electron chi connectivity index (χ1n) is 23.3. The predicted octanol–water partition coefficient (Wildman–Crippen LogP) is 9.74. The fraction of sp³-hybridized carbons (Fsp3) is 0.412. The number of hydrogen-bond donors (Lipinski definition) is 2. The Bertz CT molecular complexity index is 2590. The molecule has 2 N–H and O–H groups in total. The van der Waals surface area contributed by atoms with Crippen molar-refractivity contribution in [3.05, 3.63) is 146 Å². The smallest absolute Gasteiger partial charge is 0.410 e. The van der Waals surface area contributed by atoms with Gasteiger partial charge in [-0.15, -0.1) is 18.2 Å². The highest BCUT2D eigenvalue weighted by molar-refractivity contribution is 6.18. The molecule has 2 aliphatic heterocycles. The van der Waals surface area contributed by atoms with Gasteiger partial charge in [-0.2, -0.15) is 0 Å². The molecule has 0 bridgehead atoms. The van der Waals surface area contributed by atoms with Crippen LogP contribution in [0.4, 0.5) is 16.2 Å². The molecule has 0 saturated heterocycles. The number of unbranched alkanes of at least 4 members (excludes halogenated alkanes) is 2. The number of nitrogens with zero attached hydrogens (tertiary/aromatic N) is 4. The van der Waals surface area contributed by atoms with Gasteiger partial charge in [-0.3, -0.25) is 25.1 Å². The van der Waals surface area contributed by atoms with E-state index in [0.29, 0.717) is 78.4 Å². The van der Waals surface area contributed by atoms with Crippen LogP contribution in [0.15, 0.2) is 114 Å². The van der Waals surface area contributed by atoms with Gasteiger partial charge in [-0.05, 0) is 103 Å². The summed E-state index contributed by atoms with van der Waals surface area (Å²) in [6.07, 6.45) is 7.01. The van der Waals surface area contributed by atoms with Gasteiger partial charge in [0.1, 0.15) is 36.5 Å². The number of amides is 1. The van der Waals surface area contributed by atoms with E-state index in [0.717, 1.165) is 11.1 Å². The maximum absolute atomic E-state index is 14.7. The third-order valence-electron chi connectivity index (χ3n) is 13.2. The number of carbonyl (C=O) groups is 1. The van der Waals surface area contributed by atoms with Gasteiger partial charge in [-0.1, -0.05) is 42.3 Å². The van der Waals surface area contributed by atoms with Gasteiger partial charge in [0.05, 0.1) is 40.0 Å². The van der Waals surface area contributed by atoms with Gasteiger partial charge in [0.25, 0.3) is 11.4 Å². The van der Waals surface area contributed by atoms with Crippen molar-refractivity contribution in [1.29, 1.82) is 0 Å². The van der Waals surface area contributed by atoms with Gasteiger partial charge in [0.15, 0.2) is 11.5 Å². The summed E-state index contributed by atoms with van der Waals surface area (Å²) >= 11 is 6.12. The molecule has 0 spiro atoms. The summed E-state index contributed by atoms with van der Waals surface area (Å²) in [5.41, 5.74) is 3.13. The molecule has 370 valence electrons. The maximum atomic E-state index is 14.7. The van der Waals surface area contributed by atoms with Crippen molar-refractivity contribution in [3.63, 3.8) is 0 Å². The number of benzene rings is 4. The van der Waals surface area contributed by atoms with Crippen molar-refractivity contribution in [1.82, 2.24) is 4.90 Å². The van der Waals surface area contributed by atoms with Gasteiger partial charge in [-0.25, -0.2) is 4.79 Å². The number of ether oxygens (including phenoxy) is 6. The van der Waals surface area contributed by atoms with Crippen molar-refractivity contribution in [2.24, 2.45) is 22.9 Å². The average molecular weight is 983 g/mol. The number of carbonyl (C=O) groups excluding carboxylic acids is 1. The minimum Gasteiger partial charge on any atom is -0.459 e. The van der Waals surface area contributed by atoms with Gasteiger partial charge < -0.3 is 43.5 Å². The van der Waals surface area contributed by atoms with E-state index in [1.165, 1.54) is 24.3 Å². The number of alkyl halides is 1. The van der Waals surface area contributed by atoms with Crippen LogP contribution in [0.3, 0.4) is 0 Å². The van der Waals surface area contributed by atoms with Crippen molar-refractivity contribution in [3.8, 4) is 28.7 Å². The van der Waals surface area contributed by atoms with Crippen LogP contribution >= 0.6 is 11.6 Å². The summed E-state index contributed by atoms with van der Waals surface area (Å²) in [5, 5.41) is 48.0. The molecule has 4 aliphatic rings. The highest BCUT2D eigenvalue weighted by Gasteiger charge is 2.66. The fourth-order valence-electron chi connectivity index (χ4n) is 10.2. The second-order valence-electron chi connectivity index (χ2n) is 17.4. The molecular formula is C51H55ClN4O14. The molecule has 70 heavy (non-hydrogen) atoms. The highest BCUT2D eigenvalue weighted by atomic mass is 35.5. The minimum atomic E-state index is -1.65. The number of fused-ring (bicyclic) bond motifs is 3. The topological polar surface area (TPSA) is 224 Å². The van der Waals surface area contributed by atoms with Crippen molar-refractivity contribution in [2.45, 2.75) is 75.8 Å². The predicted molar refractivity (Wildman–Crippen MR) is 256 cm³/mol. The monoisotopic (exact) mass is 982 g/mol. The highest BCUT2D eigenvalue weighted by Crippen LogP contribution is 2.62. The zero-order chi connectivity index (χ0) is 49.2. The summed E-state index contributed by atoms with van der Waals surface area (Å²) in [4.78, 5) is 44.7. The summed E-state index contributed by atoms with van der Waals surface area (Å²) in [7, 11) is 0. The lowest BCUT2D eigenvalue weighted by atomic mass is 9.55. The Morgan fingerprint density at radius 3 is 2.36 bits per heavy atom. The molecule has 6 unspecified atom stereocenters. The van der Waals surface area contributed by atoms with Crippen LogP contribution in [0, 0.1) is 38.0 Å². The fourth-order valence-corrected chi connectivity index (χ4v) is 10.2. The number of halogens is 1. The lowest BCUT2D eigenvalue weighted by Gasteiger charge is -2.59. The van der Waals surface area contributed by atoms with E-state index in [1.807, 2.05) is 12.1 Å². The molecular weight excluding hydrogens is 928 g/mol. The van der Waals surface area contributed by atoms with Crippen molar-refractivity contribution in [2.75, 3.05) is 39.1 Å². The molecule has 1 saturated carbocycles. The third-order valence-corrected chi connectivity index (χ3v) is 13.3. The lowest BCUT2D eigenvalue weighted by Crippen LogP contribution is -2.70. The Labute approximate surface area is 409 Å². The molecule has 4 aromatic carbocycles. The summed E-state index contributed by atoms with van der Waals surface area (Å²) < 4.78 is 37.9. The van der Waals surface area contributed by atoms with Crippen LogP contribution in [-0.4, -0.2) is 87.7 Å². The number of nitro groups is 2. The van der Waals surface area contributed by atoms with E-state index < -0.39 is 39.6 Å². The largest absolute Gasteiger partial charge is 0.459 e. The molecule has 2 aliphatic carbocycles. The van der Waals surface area contributed by atoms with Crippen LogP contribution in [0.2, 0.25) is 0 Å². The van der Waals surface area contributed by atoms with E-state index in [2.05, 4.69) is 12.7 Å². The summed E-state index contributed by atoms with van der Waals surface area (Å²) in [5.74, 6) is -0.816. The average Bonchev–Trinajstić information content (AvgIpc) is 3.84. The second-order valence-corrected chi connectivity index (χ2v) is 17.8. The Kier molecular flexibility index (Phi) is 16.2. The summed E-state index contributed by atoms with van der Waals surface area (Å²) in [6, 6.07) is 21.7. The summed E-state index contributed by atoms with van der Waals surface area (Å²) in [6.45, 7) is 3.92. The Balaban J connectivity index is 1.33. The van der Waals surface area contributed by atoms with Crippen LogP contribution in [-0.2, 0) is 27.5 Å². The maximum Gasteiger partial charge on any atom is 0.410 e. The first-order valence-corrected chi connectivity index (χ1v) is 23.8. The molecule has 2 heterocycles. The van der Waals surface area contributed by atoms with Crippen LogP contribution < -0.4 is 18.9 Å². The molecule has 19 heteroatoms. The Hall–Kier alpha value is -6.73. The SMILES string of the molecule is C=CCOC12Oc3ccc(Oc4cccc([N+](=O)[O-])c4)cc3C3C(CCCCO)C(CCCCO)C=C(C(=NOCc4ccc([N+](=O)[O-])cc4)CC1N(Cc1ccc4c(c1)OCO4)C(=O)OCCCl)C32. The van der Waals surface area contributed by atoms with E-state index in [-0.39, 0.29) is 87.6 Å². The number of aliphatic hydroxyl groups excluding tert-OH is 2. The number of non-ortho nitro benzene ring substituents is 2. The van der Waals surface area contributed by atoms with Gasteiger partial charge in [0, 0.05) is 55.9 Å². The second kappa shape index (κ2) is 22.8. The van der Waals surface area contributed by atoms with Crippen LogP contribution in [0.5, 0.6) is 28.7 Å². The molecule has 1 fully saturated rings. The lowest BCUT2D eigenvalue weighted by molar-refractivity contribution is -0.385. The van der Waals surface area contributed by atoms with Crippen molar-refractivity contribution < 1.29 is 58.1 Å². The molecule has 6 atom stereocenters. The van der Waals surface area contributed by atoms with Gasteiger partial charge in [0.2, 0.25) is 12.6 Å². The molecule has 4 aromatic rings. The number of allylic oxidation sites excluding steroid dienone is 1. The first-order chi connectivity index (χ1) is 34.1. The number of hydrogen-bond acceptors (Lipinski definition) is 15.